The molecule has 1 amide bonds. The van der Waals surface area contributed by atoms with Gasteiger partial charge in [-0.2, -0.15) is 0 Å². The van der Waals surface area contributed by atoms with Crippen LogP contribution in [0.1, 0.15) is 35.1 Å². The number of H-pyrrole nitrogens is 1. The van der Waals surface area contributed by atoms with Crippen molar-refractivity contribution in [2.24, 2.45) is 0 Å². The van der Waals surface area contributed by atoms with Gasteiger partial charge in [-0.1, -0.05) is 23.7 Å². The molecule has 1 fully saturated rings. The molecule has 0 bridgehead atoms. The van der Waals surface area contributed by atoms with Gasteiger partial charge in [0.15, 0.2) is 5.76 Å². The number of benzene rings is 1. The first-order chi connectivity index (χ1) is 12.2. The third kappa shape index (κ3) is 3.20. The average molecular weight is 356 g/mol. The van der Waals surface area contributed by atoms with Crippen LogP contribution in [0.5, 0.6) is 0 Å². The van der Waals surface area contributed by atoms with Crippen molar-refractivity contribution in [3.8, 4) is 11.3 Å². The van der Waals surface area contributed by atoms with E-state index in [9.17, 15) is 4.79 Å². The van der Waals surface area contributed by atoms with Crippen molar-refractivity contribution in [3.63, 3.8) is 0 Å². The molecule has 0 radical (unpaired) electrons. The molecule has 2 aromatic heterocycles. The molecule has 0 spiro atoms. The van der Waals surface area contributed by atoms with E-state index in [1.54, 1.807) is 24.4 Å². The van der Waals surface area contributed by atoms with Crippen molar-refractivity contribution in [2.45, 2.75) is 18.8 Å². The van der Waals surface area contributed by atoms with Crippen LogP contribution in [0, 0.1) is 0 Å². The Hall–Kier alpha value is -2.53. The maximum Gasteiger partial charge on any atom is 0.289 e. The minimum atomic E-state index is -0.0884. The van der Waals surface area contributed by atoms with Gasteiger partial charge in [-0.25, -0.2) is 4.98 Å². The first-order valence-corrected chi connectivity index (χ1v) is 8.73. The smallest absolute Gasteiger partial charge is 0.289 e. The normalized spacial score (nSPS) is 17.6. The number of halogens is 1. The maximum atomic E-state index is 12.8. The third-order valence-corrected chi connectivity index (χ3v) is 4.90. The molecule has 1 atom stereocenters. The molecule has 3 heterocycles. The second-order valence-corrected chi connectivity index (χ2v) is 6.62. The number of hydrogen-bond donors (Lipinski definition) is 1. The van der Waals surface area contributed by atoms with Crippen LogP contribution >= 0.6 is 11.6 Å². The first-order valence-electron chi connectivity index (χ1n) is 8.35. The van der Waals surface area contributed by atoms with Crippen LogP contribution in [0.4, 0.5) is 0 Å². The highest BCUT2D eigenvalue weighted by molar-refractivity contribution is 6.33. The fourth-order valence-electron chi connectivity index (χ4n) is 3.30. The maximum absolute atomic E-state index is 12.8. The van der Waals surface area contributed by atoms with Crippen LogP contribution in [0.3, 0.4) is 0 Å². The largest absolute Gasteiger partial charge is 0.451 e. The van der Waals surface area contributed by atoms with Gasteiger partial charge in [-0.3, -0.25) is 4.79 Å². The van der Waals surface area contributed by atoms with E-state index in [4.69, 9.17) is 16.0 Å². The molecule has 0 saturated carbocycles. The molecule has 1 aliphatic heterocycles. The van der Waals surface area contributed by atoms with Crippen LogP contribution in [0.15, 0.2) is 53.2 Å². The highest BCUT2D eigenvalue weighted by Crippen LogP contribution is 2.30. The Bertz CT molecular complexity index is 872. The molecule has 4 rings (SSSR count). The minimum Gasteiger partial charge on any atom is -0.451 e. The number of hydrogen-bond acceptors (Lipinski definition) is 3. The van der Waals surface area contributed by atoms with E-state index < -0.39 is 0 Å². The Balaban J connectivity index is 1.52. The fraction of sp³-hybridized carbons (Fsp3) is 0.263. The number of imidazole rings is 1. The molecular weight excluding hydrogens is 338 g/mol. The molecule has 1 saturated heterocycles. The summed E-state index contributed by atoms with van der Waals surface area (Å²) in [5.41, 5.74) is 0.787. The summed E-state index contributed by atoms with van der Waals surface area (Å²) in [6.07, 6.45) is 5.55. The molecular formula is C19H18ClN3O2. The van der Waals surface area contributed by atoms with Crippen LogP contribution in [-0.4, -0.2) is 33.9 Å². The molecule has 1 aliphatic rings. The number of rotatable bonds is 3. The molecule has 128 valence electrons. The molecule has 1 unspecified atom stereocenters. The second-order valence-electron chi connectivity index (χ2n) is 6.21. The lowest BCUT2D eigenvalue weighted by molar-refractivity contribution is 0.0673. The predicted octanol–water partition coefficient (Wildman–Crippen LogP) is 4.34. The number of carbonyl (C=O) groups excluding carboxylic acids is 1. The Morgan fingerprint density at radius 2 is 2.16 bits per heavy atom. The van der Waals surface area contributed by atoms with Crippen LogP contribution in [0.2, 0.25) is 5.02 Å². The van der Waals surface area contributed by atoms with Crippen LogP contribution in [0.25, 0.3) is 11.3 Å². The summed E-state index contributed by atoms with van der Waals surface area (Å²) in [5, 5.41) is 0.603. The summed E-state index contributed by atoms with van der Waals surface area (Å²) >= 11 is 6.21. The molecule has 3 aromatic rings. The molecule has 1 aromatic carbocycles. The number of aromatic amines is 1. The van der Waals surface area contributed by atoms with Crippen molar-refractivity contribution >= 4 is 17.5 Å². The Labute approximate surface area is 150 Å². The monoisotopic (exact) mass is 355 g/mol. The van der Waals surface area contributed by atoms with Gasteiger partial charge >= 0.3 is 0 Å². The number of furan rings is 1. The fourth-order valence-corrected chi connectivity index (χ4v) is 3.53. The lowest BCUT2D eigenvalue weighted by Gasteiger charge is -2.31. The molecule has 5 nitrogen and oxygen atoms in total. The number of aromatic nitrogens is 2. The topological polar surface area (TPSA) is 62.1 Å². The van der Waals surface area contributed by atoms with E-state index in [1.165, 1.54) is 0 Å². The molecule has 0 aliphatic carbocycles. The lowest BCUT2D eigenvalue weighted by Crippen LogP contribution is -2.39. The summed E-state index contributed by atoms with van der Waals surface area (Å²) in [7, 11) is 0. The van der Waals surface area contributed by atoms with Gasteiger partial charge in [0, 0.05) is 37.0 Å². The van der Waals surface area contributed by atoms with Crippen molar-refractivity contribution in [1.82, 2.24) is 14.9 Å². The second kappa shape index (κ2) is 6.76. The van der Waals surface area contributed by atoms with Crippen molar-refractivity contribution in [3.05, 3.63) is 65.4 Å². The zero-order valence-corrected chi connectivity index (χ0v) is 14.4. The Morgan fingerprint density at radius 3 is 2.96 bits per heavy atom. The van der Waals surface area contributed by atoms with E-state index in [1.807, 2.05) is 29.3 Å². The average Bonchev–Trinajstić information content (AvgIpc) is 3.34. The van der Waals surface area contributed by atoms with Crippen molar-refractivity contribution in [2.75, 3.05) is 13.1 Å². The van der Waals surface area contributed by atoms with Gasteiger partial charge in [0.1, 0.15) is 11.6 Å². The highest BCUT2D eigenvalue weighted by atomic mass is 35.5. The van der Waals surface area contributed by atoms with Gasteiger partial charge in [0.2, 0.25) is 0 Å². The van der Waals surface area contributed by atoms with Gasteiger partial charge in [-0.15, -0.1) is 0 Å². The van der Waals surface area contributed by atoms with Crippen molar-refractivity contribution in [1.29, 1.82) is 0 Å². The molecule has 25 heavy (non-hydrogen) atoms. The zero-order chi connectivity index (χ0) is 17.2. The number of nitrogens with zero attached hydrogens (tertiary/aromatic N) is 2. The van der Waals surface area contributed by atoms with Gasteiger partial charge in [-0.05, 0) is 37.1 Å². The summed E-state index contributed by atoms with van der Waals surface area (Å²) < 4.78 is 5.79. The summed E-state index contributed by atoms with van der Waals surface area (Å²) in [6.45, 7) is 1.38. The minimum absolute atomic E-state index is 0.0884. The Kier molecular flexibility index (Phi) is 4.32. The number of nitrogens with one attached hydrogen (secondary N) is 1. The Morgan fingerprint density at radius 1 is 1.28 bits per heavy atom. The zero-order valence-electron chi connectivity index (χ0n) is 13.6. The van der Waals surface area contributed by atoms with E-state index in [0.717, 1.165) is 30.8 Å². The lowest BCUT2D eigenvalue weighted by atomic mass is 9.97. The van der Waals surface area contributed by atoms with Gasteiger partial charge in [0.05, 0.1) is 5.02 Å². The quantitative estimate of drug-likeness (QED) is 0.760. The number of likely N-dealkylation sites (tertiary alicyclic amines) is 1. The number of piperidine rings is 1. The molecule has 6 heteroatoms. The highest BCUT2D eigenvalue weighted by Gasteiger charge is 2.28. The van der Waals surface area contributed by atoms with Crippen LogP contribution in [-0.2, 0) is 0 Å². The predicted molar refractivity (Wildman–Crippen MR) is 95.6 cm³/mol. The van der Waals surface area contributed by atoms with E-state index >= 15 is 0 Å². The standard InChI is InChI=1S/C19H18ClN3O2/c20-15-6-2-1-5-14(15)16-7-8-17(25-16)19(24)23-11-3-4-13(12-23)18-21-9-10-22-18/h1-2,5-10,13H,3-4,11-12H2,(H,21,22). The first kappa shape index (κ1) is 16.0. The van der Waals surface area contributed by atoms with Gasteiger partial charge in [0.25, 0.3) is 5.91 Å². The molecule has 1 N–H and O–H groups in total. The summed E-state index contributed by atoms with van der Waals surface area (Å²) in [6, 6.07) is 11.0. The third-order valence-electron chi connectivity index (χ3n) is 4.57. The van der Waals surface area contributed by atoms with E-state index in [2.05, 4.69) is 9.97 Å². The van der Waals surface area contributed by atoms with Gasteiger partial charge < -0.3 is 14.3 Å². The van der Waals surface area contributed by atoms with Crippen molar-refractivity contribution < 1.29 is 9.21 Å². The van der Waals surface area contributed by atoms with Crippen LogP contribution < -0.4 is 0 Å². The SMILES string of the molecule is O=C(c1ccc(-c2ccccc2Cl)o1)N1CCCC(c2ncc[nH]2)C1. The summed E-state index contributed by atoms with van der Waals surface area (Å²) in [5.74, 6) is 2.04. The van der Waals surface area contributed by atoms with E-state index in [-0.39, 0.29) is 11.8 Å². The van der Waals surface area contributed by atoms with E-state index in [0.29, 0.717) is 23.1 Å². The number of carbonyl (C=O) groups is 1. The number of amides is 1. The summed E-state index contributed by atoms with van der Waals surface area (Å²) in [4.78, 5) is 22.1.